The van der Waals surface area contributed by atoms with Crippen molar-refractivity contribution >= 4 is 56.5 Å². The van der Waals surface area contributed by atoms with Crippen LogP contribution in [0.1, 0.15) is 39.6 Å². The van der Waals surface area contributed by atoms with Crippen molar-refractivity contribution in [2.45, 2.75) is 36.3 Å². The first-order valence-corrected chi connectivity index (χ1v) is 14.1. The van der Waals surface area contributed by atoms with Crippen LogP contribution in [0.5, 0.6) is 0 Å². The molecule has 0 aliphatic carbocycles. The Hall–Kier alpha value is -2.62. The molecule has 0 radical (unpaired) electrons. The Labute approximate surface area is 229 Å². The van der Waals surface area contributed by atoms with Crippen LogP contribution in [-0.4, -0.2) is 42.8 Å². The van der Waals surface area contributed by atoms with Gasteiger partial charge in [-0.2, -0.15) is 0 Å². The Bertz CT molecular complexity index is 1390. The van der Waals surface area contributed by atoms with E-state index < -0.39 is 33.9 Å². The number of aryl methyl sites for hydroxylation is 1. The minimum absolute atomic E-state index is 0.0317. The summed E-state index contributed by atoms with van der Waals surface area (Å²) in [6, 6.07) is 14.4. The van der Waals surface area contributed by atoms with Crippen LogP contribution in [0.25, 0.3) is 0 Å². The minimum Gasteiger partial charge on any atom is -0.480 e. The van der Waals surface area contributed by atoms with Gasteiger partial charge < -0.3 is 15.5 Å². The van der Waals surface area contributed by atoms with Crippen LogP contribution in [0.4, 0.5) is 0 Å². The molecule has 3 aromatic carbocycles. The lowest BCUT2D eigenvalue weighted by molar-refractivity contribution is -0.139. The smallest absolute Gasteiger partial charge is 0.326 e. The molecule has 0 aliphatic heterocycles. The second kappa shape index (κ2) is 12.3. The van der Waals surface area contributed by atoms with Gasteiger partial charge in [0.2, 0.25) is 0 Å². The van der Waals surface area contributed by atoms with Gasteiger partial charge in [0.25, 0.3) is 5.91 Å². The molecular weight excluding hydrogens is 561 g/mol. The van der Waals surface area contributed by atoms with Crippen LogP contribution in [0.2, 0.25) is 15.1 Å². The molecule has 0 spiro atoms. The van der Waals surface area contributed by atoms with Crippen molar-refractivity contribution in [3.8, 4) is 0 Å². The third-order valence-corrected chi connectivity index (χ3v) is 7.62. The van der Waals surface area contributed by atoms with Gasteiger partial charge in [-0.05, 0) is 65.9 Å². The quantitative estimate of drug-likeness (QED) is 0.303. The Morgan fingerprint density at radius 3 is 2.14 bits per heavy atom. The van der Waals surface area contributed by atoms with E-state index in [1.807, 2.05) is 0 Å². The van der Waals surface area contributed by atoms with E-state index in [0.29, 0.717) is 34.6 Å². The maximum absolute atomic E-state index is 12.9. The van der Waals surface area contributed by atoms with Crippen molar-refractivity contribution in [1.82, 2.24) is 5.32 Å². The summed E-state index contributed by atoms with van der Waals surface area (Å²) in [6.45, 7) is 0. The number of carbonyl (C=O) groups is 2. The lowest BCUT2D eigenvalue weighted by Gasteiger charge is -2.17. The Balaban J connectivity index is 1.72. The standard InChI is InChI=1S/C26H24Cl3NO6S/c1-37(35,36)19-4-2-3-15(11-19)14-22(26(33)34)30-25(32)24-20(28)12-16(13-21(24)29)5-10-23(31)17-6-8-18(27)9-7-17/h2-4,6-9,11-13,22-23,31H,5,10,14H2,1H3,(H,30,32)(H,33,34)/t22-,23?/m0/s1. The average Bonchev–Trinajstić information content (AvgIpc) is 2.81. The maximum Gasteiger partial charge on any atom is 0.326 e. The monoisotopic (exact) mass is 583 g/mol. The number of nitrogens with one attached hydrogen (secondary N) is 1. The van der Waals surface area contributed by atoms with Crippen LogP contribution in [-0.2, 0) is 27.5 Å². The van der Waals surface area contributed by atoms with E-state index in [2.05, 4.69) is 5.32 Å². The molecular formula is C26H24Cl3NO6S. The molecule has 3 aromatic rings. The van der Waals surface area contributed by atoms with Gasteiger partial charge in [-0.1, -0.05) is 59.1 Å². The molecule has 0 fully saturated rings. The fourth-order valence-electron chi connectivity index (χ4n) is 3.71. The third-order valence-electron chi connectivity index (χ3n) is 5.66. The highest BCUT2D eigenvalue weighted by molar-refractivity contribution is 7.90. The molecule has 0 saturated heterocycles. The molecule has 0 aliphatic rings. The van der Waals surface area contributed by atoms with Crippen molar-refractivity contribution in [3.05, 3.63) is 98.0 Å². The number of hydrogen-bond acceptors (Lipinski definition) is 5. The van der Waals surface area contributed by atoms with Gasteiger partial charge in [-0.3, -0.25) is 4.79 Å². The molecule has 0 bridgehead atoms. The molecule has 0 saturated carbocycles. The predicted molar refractivity (Wildman–Crippen MR) is 143 cm³/mol. The largest absolute Gasteiger partial charge is 0.480 e. The number of aliphatic hydroxyl groups is 1. The zero-order valence-electron chi connectivity index (χ0n) is 19.6. The number of benzene rings is 3. The summed E-state index contributed by atoms with van der Waals surface area (Å²) in [5, 5.41) is 23.1. The second-order valence-corrected chi connectivity index (χ2v) is 11.8. The van der Waals surface area contributed by atoms with E-state index in [4.69, 9.17) is 34.8 Å². The summed E-state index contributed by atoms with van der Waals surface area (Å²) in [5.41, 5.74) is 1.73. The van der Waals surface area contributed by atoms with E-state index in [0.717, 1.165) is 6.26 Å². The molecule has 7 nitrogen and oxygen atoms in total. The zero-order valence-corrected chi connectivity index (χ0v) is 22.7. The fourth-order valence-corrected chi connectivity index (χ4v) is 5.23. The van der Waals surface area contributed by atoms with Crippen molar-refractivity contribution in [1.29, 1.82) is 0 Å². The number of rotatable bonds is 10. The number of carboxylic acid groups (broad SMARTS) is 1. The normalized spacial score (nSPS) is 13.1. The summed E-state index contributed by atoms with van der Waals surface area (Å²) in [6.07, 6.45) is 0.942. The van der Waals surface area contributed by atoms with Gasteiger partial charge >= 0.3 is 5.97 Å². The Morgan fingerprint density at radius 1 is 0.946 bits per heavy atom. The number of sulfone groups is 1. The fraction of sp³-hybridized carbons (Fsp3) is 0.231. The Kier molecular flexibility index (Phi) is 9.61. The maximum atomic E-state index is 12.9. The second-order valence-electron chi connectivity index (χ2n) is 8.53. The number of carboxylic acids is 1. The SMILES string of the molecule is CS(=O)(=O)c1cccc(C[C@H](NC(=O)c2c(Cl)cc(CCC(O)c3ccc(Cl)cc3)cc2Cl)C(=O)O)c1. The van der Waals surface area contributed by atoms with E-state index >= 15 is 0 Å². The summed E-state index contributed by atoms with van der Waals surface area (Å²) < 4.78 is 23.6. The van der Waals surface area contributed by atoms with E-state index in [9.17, 15) is 28.2 Å². The number of halogens is 3. The molecule has 0 heterocycles. The van der Waals surface area contributed by atoms with Gasteiger partial charge in [0.15, 0.2) is 9.84 Å². The van der Waals surface area contributed by atoms with Gasteiger partial charge in [0.05, 0.1) is 26.6 Å². The molecule has 2 atom stereocenters. The molecule has 0 aromatic heterocycles. The van der Waals surface area contributed by atoms with Crippen LogP contribution in [0, 0.1) is 0 Å². The first-order chi connectivity index (χ1) is 17.3. The lowest BCUT2D eigenvalue weighted by Crippen LogP contribution is -2.42. The highest BCUT2D eigenvalue weighted by Crippen LogP contribution is 2.29. The summed E-state index contributed by atoms with van der Waals surface area (Å²) >= 11 is 18.6. The summed E-state index contributed by atoms with van der Waals surface area (Å²) in [4.78, 5) is 24.8. The average molecular weight is 585 g/mol. The van der Waals surface area contributed by atoms with Crippen molar-refractivity contribution in [2.75, 3.05) is 6.26 Å². The molecule has 1 unspecified atom stereocenters. The first kappa shape index (κ1) is 28.9. The lowest BCUT2D eigenvalue weighted by atomic mass is 10.00. The Morgan fingerprint density at radius 2 is 1.57 bits per heavy atom. The molecule has 3 N–H and O–H groups in total. The van der Waals surface area contributed by atoms with E-state index in [1.54, 1.807) is 42.5 Å². The van der Waals surface area contributed by atoms with E-state index in [-0.39, 0.29) is 26.9 Å². The van der Waals surface area contributed by atoms with Crippen LogP contribution in [0.15, 0.2) is 65.6 Å². The van der Waals surface area contributed by atoms with Crippen LogP contribution >= 0.6 is 34.8 Å². The predicted octanol–water partition coefficient (Wildman–Crippen LogP) is 5.14. The number of aliphatic hydroxyl groups excluding tert-OH is 1. The molecule has 37 heavy (non-hydrogen) atoms. The van der Waals surface area contributed by atoms with Gasteiger partial charge in [0, 0.05) is 17.7 Å². The van der Waals surface area contributed by atoms with Crippen molar-refractivity contribution < 1.29 is 28.2 Å². The van der Waals surface area contributed by atoms with Crippen molar-refractivity contribution in [3.63, 3.8) is 0 Å². The number of hydrogen-bond donors (Lipinski definition) is 3. The highest BCUT2D eigenvalue weighted by atomic mass is 35.5. The van der Waals surface area contributed by atoms with Crippen LogP contribution < -0.4 is 5.32 Å². The number of amides is 1. The third kappa shape index (κ3) is 7.93. The molecule has 196 valence electrons. The topological polar surface area (TPSA) is 121 Å². The van der Waals surface area contributed by atoms with Gasteiger partial charge in [-0.15, -0.1) is 0 Å². The molecule has 1 amide bonds. The zero-order chi connectivity index (χ0) is 27.3. The van der Waals surface area contributed by atoms with Gasteiger partial charge in [0.1, 0.15) is 6.04 Å². The number of carbonyl (C=O) groups excluding carboxylic acids is 1. The van der Waals surface area contributed by atoms with Gasteiger partial charge in [-0.25, -0.2) is 13.2 Å². The minimum atomic E-state index is -3.48. The summed E-state index contributed by atoms with van der Waals surface area (Å²) in [5.74, 6) is -2.09. The summed E-state index contributed by atoms with van der Waals surface area (Å²) in [7, 11) is -3.48. The molecule has 3 rings (SSSR count). The highest BCUT2D eigenvalue weighted by Gasteiger charge is 2.25. The van der Waals surface area contributed by atoms with E-state index in [1.165, 1.54) is 18.2 Å². The first-order valence-electron chi connectivity index (χ1n) is 11.1. The number of aliphatic carboxylic acids is 1. The van der Waals surface area contributed by atoms with Crippen molar-refractivity contribution in [2.24, 2.45) is 0 Å². The molecule has 11 heteroatoms. The van der Waals surface area contributed by atoms with Crippen LogP contribution in [0.3, 0.4) is 0 Å².